The average Bonchev–Trinajstić information content (AvgIpc) is 2.62. The van der Waals surface area contributed by atoms with Crippen LogP contribution in [0.25, 0.3) is 11.1 Å². The molecule has 0 saturated carbocycles. The van der Waals surface area contributed by atoms with E-state index >= 15 is 0 Å². The number of amides is 1. The standard InChI is InChI=1S/C20H18IN3O/c1-13-3-5-15(6-4-13)16-9-17(11-18(21)10-16)20(25)24-14(2)19-12-22-7-8-23-19/h3-12,14H,1-2H3,(H,24,25). The van der Waals surface area contributed by atoms with Crippen LogP contribution in [0.4, 0.5) is 0 Å². The van der Waals surface area contributed by atoms with E-state index in [1.807, 2.05) is 19.1 Å². The van der Waals surface area contributed by atoms with Crippen LogP contribution in [0.3, 0.4) is 0 Å². The molecule has 1 unspecified atom stereocenters. The highest BCUT2D eigenvalue weighted by molar-refractivity contribution is 14.1. The molecule has 1 N–H and O–H groups in total. The van der Waals surface area contributed by atoms with Crippen LogP contribution in [0, 0.1) is 10.5 Å². The lowest BCUT2D eigenvalue weighted by Gasteiger charge is -2.14. The van der Waals surface area contributed by atoms with Crippen molar-refractivity contribution in [1.82, 2.24) is 15.3 Å². The van der Waals surface area contributed by atoms with Crippen LogP contribution < -0.4 is 5.32 Å². The normalized spacial score (nSPS) is 11.8. The second-order valence-corrected chi connectivity index (χ2v) is 7.17. The van der Waals surface area contributed by atoms with Gasteiger partial charge in [0.15, 0.2) is 0 Å². The number of carbonyl (C=O) groups is 1. The molecule has 0 radical (unpaired) electrons. The summed E-state index contributed by atoms with van der Waals surface area (Å²) in [6.07, 6.45) is 4.90. The van der Waals surface area contributed by atoms with Crippen molar-refractivity contribution in [3.63, 3.8) is 0 Å². The molecule has 0 bridgehead atoms. The van der Waals surface area contributed by atoms with Crippen molar-refractivity contribution in [2.45, 2.75) is 19.9 Å². The van der Waals surface area contributed by atoms with Crippen molar-refractivity contribution in [2.24, 2.45) is 0 Å². The highest BCUT2D eigenvalue weighted by Crippen LogP contribution is 2.24. The summed E-state index contributed by atoms with van der Waals surface area (Å²) in [5, 5.41) is 2.98. The monoisotopic (exact) mass is 443 g/mol. The molecule has 3 aromatic rings. The minimum Gasteiger partial charge on any atom is -0.344 e. The summed E-state index contributed by atoms with van der Waals surface area (Å²) >= 11 is 2.24. The maximum absolute atomic E-state index is 12.7. The molecule has 1 aromatic heterocycles. The number of rotatable bonds is 4. The van der Waals surface area contributed by atoms with Crippen molar-refractivity contribution in [3.8, 4) is 11.1 Å². The summed E-state index contributed by atoms with van der Waals surface area (Å²) < 4.78 is 1.02. The molecule has 3 rings (SSSR count). The van der Waals surface area contributed by atoms with E-state index in [0.717, 1.165) is 20.4 Å². The number of aromatic nitrogens is 2. The summed E-state index contributed by atoms with van der Waals surface area (Å²) in [6.45, 7) is 3.96. The molecule has 126 valence electrons. The van der Waals surface area contributed by atoms with Gasteiger partial charge in [0.25, 0.3) is 5.91 Å². The third-order valence-electron chi connectivity index (χ3n) is 3.92. The third-order valence-corrected chi connectivity index (χ3v) is 4.54. The summed E-state index contributed by atoms with van der Waals surface area (Å²) in [7, 11) is 0. The van der Waals surface area contributed by atoms with E-state index in [4.69, 9.17) is 0 Å². The molecule has 0 aliphatic rings. The number of nitrogens with zero attached hydrogens (tertiary/aromatic N) is 2. The largest absolute Gasteiger partial charge is 0.344 e. The van der Waals surface area contributed by atoms with Crippen LogP contribution in [-0.2, 0) is 0 Å². The van der Waals surface area contributed by atoms with Gasteiger partial charge in [-0.2, -0.15) is 0 Å². The Bertz CT molecular complexity index is 879. The van der Waals surface area contributed by atoms with Gasteiger partial charge in [0.2, 0.25) is 0 Å². The predicted molar refractivity (Wildman–Crippen MR) is 107 cm³/mol. The molecule has 25 heavy (non-hydrogen) atoms. The minimum absolute atomic E-state index is 0.120. The Morgan fingerprint density at radius 1 is 1.08 bits per heavy atom. The number of nitrogens with one attached hydrogen (secondary N) is 1. The zero-order chi connectivity index (χ0) is 17.8. The van der Waals surface area contributed by atoms with Crippen LogP contribution in [-0.4, -0.2) is 15.9 Å². The number of hydrogen-bond donors (Lipinski definition) is 1. The van der Waals surface area contributed by atoms with Crippen molar-refractivity contribution >= 4 is 28.5 Å². The topological polar surface area (TPSA) is 54.9 Å². The van der Waals surface area contributed by atoms with Crippen molar-refractivity contribution < 1.29 is 4.79 Å². The second-order valence-electron chi connectivity index (χ2n) is 5.92. The van der Waals surface area contributed by atoms with Gasteiger partial charge >= 0.3 is 0 Å². The Morgan fingerprint density at radius 2 is 1.84 bits per heavy atom. The van der Waals surface area contributed by atoms with E-state index in [1.54, 1.807) is 18.6 Å². The van der Waals surface area contributed by atoms with Gasteiger partial charge in [0.1, 0.15) is 0 Å². The van der Waals surface area contributed by atoms with Gasteiger partial charge in [0, 0.05) is 21.5 Å². The maximum atomic E-state index is 12.7. The first-order chi connectivity index (χ1) is 12.0. The van der Waals surface area contributed by atoms with Crippen LogP contribution in [0.1, 0.15) is 34.6 Å². The Labute approximate surface area is 160 Å². The summed E-state index contributed by atoms with van der Waals surface area (Å²) in [5.41, 5.74) is 4.72. The van der Waals surface area contributed by atoms with Gasteiger partial charge in [-0.3, -0.25) is 14.8 Å². The minimum atomic E-state index is -0.207. The van der Waals surface area contributed by atoms with Gasteiger partial charge in [-0.25, -0.2) is 0 Å². The smallest absolute Gasteiger partial charge is 0.251 e. The Kier molecular flexibility index (Phi) is 5.43. The Balaban J connectivity index is 1.84. The predicted octanol–water partition coefficient (Wildman–Crippen LogP) is 4.55. The van der Waals surface area contributed by atoms with E-state index < -0.39 is 0 Å². The molecule has 2 aromatic carbocycles. The molecule has 4 nitrogen and oxygen atoms in total. The van der Waals surface area contributed by atoms with E-state index in [2.05, 4.69) is 75.1 Å². The van der Waals surface area contributed by atoms with Gasteiger partial charge in [-0.05, 0) is 65.8 Å². The number of hydrogen-bond acceptors (Lipinski definition) is 3. The zero-order valence-electron chi connectivity index (χ0n) is 14.0. The molecule has 1 amide bonds. The van der Waals surface area contributed by atoms with Gasteiger partial charge in [-0.1, -0.05) is 29.8 Å². The van der Waals surface area contributed by atoms with Crippen LogP contribution in [0.15, 0.2) is 61.1 Å². The lowest BCUT2D eigenvalue weighted by molar-refractivity contribution is 0.0939. The van der Waals surface area contributed by atoms with E-state index in [9.17, 15) is 4.79 Å². The Hall–Kier alpha value is -2.28. The SMILES string of the molecule is Cc1ccc(-c2cc(I)cc(C(=O)NC(C)c3cnccn3)c2)cc1. The molecular formula is C20H18IN3O. The van der Waals surface area contributed by atoms with E-state index in [1.165, 1.54) is 5.56 Å². The lowest BCUT2D eigenvalue weighted by atomic mass is 10.0. The van der Waals surface area contributed by atoms with Crippen LogP contribution in [0.2, 0.25) is 0 Å². The van der Waals surface area contributed by atoms with E-state index in [-0.39, 0.29) is 11.9 Å². The molecular weight excluding hydrogens is 425 g/mol. The zero-order valence-corrected chi connectivity index (χ0v) is 16.2. The highest BCUT2D eigenvalue weighted by atomic mass is 127. The van der Waals surface area contributed by atoms with Crippen molar-refractivity contribution in [3.05, 3.63) is 81.4 Å². The summed E-state index contributed by atoms with van der Waals surface area (Å²) in [5.74, 6) is -0.120. The maximum Gasteiger partial charge on any atom is 0.251 e. The Morgan fingerprint density at radius 3 is 2.52 bits per heavy atom. The fraction of sp³-hybridized carbons (Fsp3) is 0.150. The first kappa shape index (κ1) is 17.5. The molecule has 1 heterocycles. The molecule has 0 fully saturated rings. The molecule has 0 saturated heterocycles. The fourth-order valence-corrected chi connectivity index (χ4v) is 3.19. The number of carbonyl (C=O) groups excluding carboxylic acids is 1. The lowest BCUT2D eigenvalue weighted by Crippen LogP contribution is -2.27. The molecule has 0 spiro atoms. The fourth-order valence-electron chi connectivity index (χ4n) is 2.52. The van der Waals surface area contributed by atoms with Gasteiger partial charge in [-0.15, -0.1) is 0 Å². The highest BCUT2D eigenvalue weighted by Gasteiger charge is 2.14. The quantitative estimate of drug-likeness (QED) is 0.603. The number of halogens is 1. The summed E-state index contributed by atoms with van der Waals surface area (Å²) in [4.78, 5) is 20.9. The van der Waals surface area contributed by atoms with Crippen LogP contribution in [0.5, 0.6) is 0 Å². The molecule has 0 aliphatic heterocycles. The second kappa shape index (κ2) is 7.74. The average molecular weight is 443 g/mol. The number of benzene rings is 2. The molecule has 5 heteroatoms. The summed E-state index contributed by atoms with van der Waals surface area (Å²) in [6, 6.07) is 14.0. The third kappa shape index (κ3) is 4.42. The first-order valence-corrected chi connectivity index (χ1v) is 9.05. The van der Waals surface area contributed by atoms with Crippen LogP contribution >= 0.6 is 22.6 Å². The number of aryl methyl sites for hydroxylation is 1. The first-order valence-electron chi connectivity index (χ1n) is 7.97. The molecule has 0 aliphatic carbocycles. The van der Waals surface area contributed by atoms with Gasteiger partial charge < -0.3 is 5.32 Å². The van der Waals surface area contributed by atoms with Crippen molar-refractivity contribution in [1.29, 1.82) is 0 Å². The van der Waals surface area contributed by atoms with Crippen molar-refractivity contribution in [2.75, 3.05) is 0 Å². The van der Waals surface area contributed by atoms with E-state index in [0.29, 0.717) is 5.56 Å². The molecule has 1 atom stereocenters. The van der Waals surface area contributed by atoms with Gasteiger partial charge in [0.05, 0.1) is 17.9 Å².